The lowest BCUT2D eigenvalue weighted by Gasteiger charge is -2.22. The fourth-order valence-corrected chi connectivity index (χ4v) is 2.77. The molecule has 0 aromatic heterocycles. The Labute approximate surface area is 143 Å². The maximum Gasteiger partial charge on any atom is 0.251 e. The number of anilines is 1. The molecule has 23 heavy (non-hydrogen) atoms. The second-order valence-electron chi connectivity index (χ2n) is 6.48. The summed E-state index contributed by atoms with van der Waals surface area (Å²) in [4.78, 5) is 24.5. The van der Waals surface area contributed by atoms with Crippen LogP contribution in [0.15, 0.2) is 18.2 Å². The van der Waals surface area contributed by atoms with Crippen molar-refractivity contribution >= 4 is 29.9 Å². The molecule has 1 aromatic rings. The van der Waals surface area contributed by atoms with Gasteiger partial charge in [-0.1, -0.05) is 18.9 Å². The molecule has 1 aliphatic rings. The Hall–Kier alpha value is -1.59. The topological polar surface area (TPSA) is 84.2 Å². The summed E-state index contributed by atoms with van der Waals surface area (Å²) in [6, 6.07) is 5.42. The minimum Gasteiger partial charge on any atom is -0.350 e. The molecule has 128 valence electrons. The molecule has 4 N–H and O–H groups in total. The van der Waals surface area contributed by atoms with Crippen molar-refractivity contribution in [3.8, 4) is 0 Å². The fourth-order valence-electron chi connectivity index (χ4n) is 2.77. The molecule has 0 unspecified atom stereocenters. The molecule has 1 saturated carbocycles. The van der Waals surface area contributed by atoms with E-state index in [0.29, 0.717) is 24.1 Å². The van der Waals surface area contributed by atoms with Gasteiger partial charge in [-0.25, -0.2) is 0 Å². The molecule has 0 atom stereocenters. The Bertz CT molecular complexity index is 581. The van der Waals surface area contributed by atoms with Crippen LogP contribution in [-0.4, -0.2) is 23.4 Å². The van der Waals surface area contributed by atoms with Crippen molar-refractivity contribution in [1.29, 1.82) is 0 Å². The van der Waals surface area contributed by atoms with Gasteiger partial charge in [-0.15, -0.1) is 12.4 Å². The standard InChI is InChI=1S/C17H25N3O2.ClH/c1-11(2)19-15(21)14-10-13(7-6-12(14)3)20-16(22)17(18)8-4-5-9-17;/h6-7,10-11H,4-5,8-9,18H2,1-3H3,(H,19,21)(H,20,22);1H. The first kappa shape index (κ1) is 19.5. The highest BCUT2D eigenvalue weighted by Gasteiger charge is 2.37. The maximum atomic E-state index is 12.3. The monoisotopic (exact) mass is 339 g/mol. The van der Waals surface area contributed by atoms with Crippen LogP contribution in [0.2, 0.25) is 0 Å². The van der Waals surface area contributed by atoms with E-state index in [0.717, 1.165) is 18.4 Å². The van der Waals surface area contributed by atoms with Crippen LogP contribution in [-0.2, 0) is 4.79 Å². The average molecular weight is 340 g/mol. The summed E-state index contributed by atoms with van der Waals surface area (Å²) in [7, 11) is 0. The molecule has 5 nitrogen and oxygen atoms in total. The van der Waals surface area contributed by atoms with Crippen molar-refractivity contribution in [2.24, 2.45) is 5.73 Å². The molecule has 2 amide bonds. The number of amides is 2. The van der Waals surface area contributed by atoms with Gasteiger partial charge < -0.3 is 16.4 Å². The molecule has 0 bridgehead atoms. The Morgan fingerprint density at radius 1 is 1.22 bits per heavy atom. The van der Waals surface area contributed by atoms with Gasteiger partial charge in [0.1, 0.15) is 0 Å². The molecule has 0 radical (unpaired) electrons. The zero-order chi connectivity index (χ0) is 16.3. The lowest BCUT2D eigenvalue weighted by Crippen LogP contribution is -2.48. The molecule has 1 aromatic carbocycles. The summed E-state index contributed by atoms with van der Waals surface area (Å²) in [5.41, 5.74) is 7.44. The van der Waals surface area contributed by atoms with E-state index in [9.17, 15) is 9.59 Å². The number of rotatable bonds is 4. The highest BCUT2D eigenvalue weighted by Crippen LogP contribution is 2.28. The Morgan fingerprint density at radius 2 is 1.83 bits per heavy atom. The van der Waals surface area contributed by atoms with Gasteiger partial charge in [0, 0.05) is 17.3 Å². The molecular formula is C17H26ClN3O2. The van der Waals surface area contributed by atoms with E-state index in [-0.39, 0.29) is 30.3 Å². The van der Waals surface area contributed by atoms with Crippen LogP contribution in [0.25, 0.3) is 0 Å². The Morgan fingerprint density at radius 3 is 2.39 bits per heavy atom. The minimum absolute atomic E-state index is 0. The van der Waals surface area contributed by atoms with Gasteiger partial charge in [-0.3, -0.25) is 9.59 Å². The van der Waals surface area contributed by atoms with Crippen LogP contribution in [0.1, 0.15) is 55.5 Å². The number of aryl methyl sites for hydroxylation is 1. The second-order valence-corrected chi connectivity index (χ2v) is 6.48. The van der Waals surface area contributed by atoms with E-state index in [2.05, 4.69) is 10.6 Å². The van der Waals surface area contributed by atoms with Crippen molar-refractivity contribution in [2.45, 2.75) is 58.0 Å². The van der Waals surface area contributed by atoms with Crippen molar-refractivity contribution in [1.82, 2.24) is 5.32 Å². The molecule has 0 saturated heterocycles. The van der Waals surface area contributed by atoms with Gasteiger partial charge >= 0.3 is 0 Å². The predicted molar refractivity (Wildman–Crippen MR) is 95.0 cm³/mol. The molecule has 0 spiro atoms. The van der Waals surface area contributed by atoms with Crippen molar-refractivity contribution in [2.75, 3.05) is 5.32 Å². The lowest BCUT2D eigenvalue weighted by atomic mass is 9.97. The van der Waals surface area contributed by atoms with Gasteiger partial charge in [-0.2, -0.15) is 0 Å². The Kier molecular flexibility index (Phi) is 6.59. The van der Waals surface area contributed by atoms with Gasteiger partial charge in [0.15, 0.2) is 0 Å². The number of carbonyl (C=O) groups is 2. The van der Waals surface area contributed by atoms with E-state index in [1.165, 1.54) is 0 Å². The number of halogens is 1. The molecule has 1 fully saturated rings. The second kappa shape index (κ2) is 7.79. The number of nitrogens with one attached hydrogen (secondary N) is 2. The molecule has 6 heteroatoms. The SMILES string of the molecule is Cc1ccc(NC(=O)C2(N)CCCC2)cc1C(=O)NC(C)C.Cl. The van der Waals surface area contributed by atoms with E-state index >= 15 is 0 Å². The van der Waals surface area contributed by atoms with Gasteiger partial charge in [0.05, 0.1) is 5.54 Å². The highest BCUT2D eigenvalue weighted by atomic mass is 35.5. The zero-order valence-corrected chi connectivity index (χ0v) is 14.8. The van der Waals surface area contributed by atoms with Gasteiger partial charge in [-0.05, 0) is 51.3 Å². The first-order valence-corrected chi connectivity index (χ1v) is 7.84. The predicted octanol–water partition coefficient (Wildman–Crippen LogP) is 2.77. The normalized spacial score (nSPS) is 15.9. The molecule has 0 heterocycles. The summed E-state index contributed by atoms with van der Waals surface area (Å²) in [5, 5.41) is 5.72. The van der Waals surface area contributed by atoms with Crippen LogP contribution in [0.3, 0.4) is 0 Å². The zero-order valence-electron chi connectivity index (χ0n) is 13.9. The number of nitrogens with two attached hydrogens (primary N) is 1. The quantitative estimate of drug-likeness (QED) is 0.788. The number of benzene rings is 1. The summed E-state index contributed by atoms with van der Waals surface area (Å²) >= 11 is 0. The van der Waals surface area contributed by atoms with Crippen LogP contribution in [0.4, 0.5) is 5.69 Å². The highest BCUT2D eigenvalue weighted by molar-refractivity contribution is 6.01. The smallest absolute Gasteiger partial charge is 0.251 e. The fraction of sp³-hybridized carbons (Fsp3) is 0.529. The summed E-state index contributed by atoms with van der Waals surface area (Å²) in [6.07, 6.45) is 3.40. The Balaban J connectivity index is 0.00000264. The number of hydrogen-bond donors (Lipinski definition) is 3. The summed E-state index contributed by atoms with van der Waals surface area (Å²) in [6.45, 7) is 5.70. The van der Waals surface area contributed by atoms with Crippen molar-refractivity contribution < 1.29 is 9.59 Å². The maximum absolute atomic E-state index is 12.3. The van der Waals surface area contributed by atoms with E-state index in [4.69, 9.17) is 5.73 Å². The van der Waals surface area contributed by atoms with Crippen LogP contribution >= 0.6 is 12.4 Å². The van der Waals surface area contributed by atoms with E-state index < -0.39 is 5.54 Å². The van der Waals surface area contributed by atoms with E-state index in [1.807, 2.05) is 26.8 Å². The van der Waals surface area contributed by atoms with Crippen molar-refractivity contribution in [3.63, 3.8) is 0 Å². The number of hydrogen-bond acceptors (Lipinski definition) is 3. The van der Waals surface area contributed by atoms with Crippen molar-refractivity contribution in [3.05, 3.63) is 29.3 Å². The third-order valence-electron chi connectivity index (χ3n) is 4.11. The summed E-state index contributed by atoms with van der Waals surface area (Å²) in [5.74, 6) is -0.295. The third-order valence-corrected chi connectivity index (χ3v) is 4.11. The molecule has 2 rings (SSSR count). The largest absolute Gasteiger partial charge is 0.350 e. The summed E-state index contributed by atoms with van der Waals surface area (Å²) < 4.78 is 0. The minimum atomic E-state index is -0.773. The third kappa shape index (κ3) is 4.69. The first-order valence-electron chi connectivity index (χ1n) is 7.84. The lowest BCUT2D eigenvalue weighted by molar-refractivity contribution is -0.121. The first-order chi connectivity index (χ1) is 10.3. The van der Waals surface area contributed by atoms with Crippen LogP contribution in [0, 0.1) is 6.92 Å². The van der Waals surface area contributed by atoms with Crippen LogP contribution in [0.5, 0.6) is 0 Å². The van der Waals surface area contributed by atoms with Gasteiger partial charge in [0.25, 0.3) is 5.91 Å². The molecular weight excluding hydrogens is 314 g/mol. The number of carbonyl (C=O) groups excluding carboxylic acids is 2. The average Bonchev–Trinajstić information content (AvgIpc) is 2.88. The molecule has 0 aliphatic heterocycles. The van der Waals surface area contributed by atoms with E-state index in [1.54, 1.807) is 12.1 Å². The van der Waals surface area contributed by atoms with Crippen LogP contribution < -0.4 is 16.4 Å². The van der Waals surface area contributed by atoms with Gasteiger partial charge in [0.2, 0.25) is 5.91 Å². The molecule has 1 aliphatic carbocycles.